The van der Waals surface area contributed by atoms with Gasteiger partial charge in [-0.2, -0.15) is 5.10 Å². The maximum atomic E-state index is 12.3. The monoisotopic (exact) mass is 395 g/mol. The molecule has 7 nitrogen and oxygen atoms in total. The van der Waals surface area contributed by atoms with Gasteiger partial charge in [0.2, 0.25) is 11.7 Å². The van der Waals surface area contributed by atoms with E-state index in [4.69, 9.17) is 14.2 Å². The molecule has 0 saturated carbocycles. The van der Waals surface area contributed by atoms with Crippen LogP contribution in [-0.4, -0.2) is 37.4 Å². The van der Waals surface area contributed by atoms with Gasteiger partial charge in [-0.05, 0) is 41.3 Å². The quantitative estimate of drug-likeness (QED) is 0.580. The number of hydrogen-bond donors (Lipinski definition) is 2. The van der Waals surface area contributed by atoms with Crippen LogP contribution in [0.1, 0.15) is 17.5 Å². The van der Waals surface area contributed by atoms with Crippen molar-refractivity contribution >= 4 is 5.91 Å². The number of amides is 1. The Balaban J connectivity index is 1.53. The molecule has 0 aliphatic carbocycles. The Hall–Kier alpha value is -3.48. The van der Waals surface area contributed by atoms with E-state index >= 15 is 0 Å². The van der Waals surface area contributed by atoms with Gasteiger partial charge in [-0.15, -0.1) is 0 Å². The standard InChI is InChI=1S/C22H25N3O4/c1-27-19-12-16(13-20(28-2)22(19)29-3)6-9-21(26)23-14-15-4-7-17(8-5-15)18-10-11-24-25-18/h4-5,7-8,10-13H,6,9,14H2,1-3H3,(H,23,26)(H,24,25). The maximum Gasteiger partial charge on any atom is 0.220 e. The molecule has 29 heavy (non-hydrogen) atoms. The maximum absolute atomic E-state index is 12.3. The van der Waals surface area contributed by atoms with Crippen molar-refractivity contribution in [2.24, 2.45) is 0 Å². The van der Waals surface area contributed by atoms with E-state index in [1.807, 2.05) is 42.5 Å². The topological polar surface area (TPSA) is 85.5 Å². The zero-order valence-corrected chi connectivity index (χ0v) is 16.8. The molecule has 1 aromatic heterocycles. The van der Waals surface area contributed by atoms with Gasteiger partial charge in [0.1, 0.15) is 0 Å². The number of carbonyl (C=O) groups is 1. The summed E-state index contributed by atoms with van der Waals surface area (Å²) in [4.78, 5) is 12.3. The molecule has 0 fully saturated rings. The second-order valence-corrected chi connectivity index (χ2v) is 6.48. The van der Waals surface area contributed by atoms with Crippen LogP contribution in [0, 0.1) is 0 Å². The van der Waals surface area contributed by atoms with Gasteiger partial charge in [-0.1, -0.05) is 24.3 Å². The number of hydrogen-bond acceptors (Lipinski definition) is 5. The van der Waals surface area contributed by atoms with Crippen LogP contribution in [0.4, 0.5) is 0 Å². The van der Waals surface area contributed by atoms with Crippen molar-refractivity contribution in [1.82, 2.24) is 15.5 Å². The molecule has 1 amide bonds. The number of methoxy groups -OCH3 is 3. The number of nitrogens with zero attached hydrogens (tertiary/aromatic N) is 1. The second-order valence-electron chi connectivity index (χ2n) is 6.48. The summed E-state index contributed by atoms with van der Waals surface area (Å²) in [6.45, 7) is 0.483. The summed E-state index contributed by atoms with van der Waals surface area (Å²) in [5.41, 5.74) is 4.00. The van der Waals surface area contributed by atoms with Gasteiger partial charge in [0.15, 0.2) is 11.5 Å². The van der Waals surface area contributed by atoms with Crippen molar-refractivity contribution in [2.75, 3.05) is 21.3 Å². The largest absolute Gasteiger partial charge is 0.493 e. The van der Waals surface area contributed by atoms with Crippen LogP contribution in [0.5, 0.6) is 17.2 Å². The first-order valence-electron chi connectivity index (χ1n) is 9.29. The zero-order valence-electron chi connectivity index (χ0n) is 16.8. The van der Waals surface area contributed by atoms with Gasteiger partial charge in [0.05, 0.1) is 27.0 Å². The molecule has 0 aliphatic rings. The molecule has 0 saturated heterocycles. The van der Waals surface area contributed by atoms with Gasteiger partial charge in [-0.3, -0.25) is 9.89 Å². The first-order chi connectivity index (χ1) is 14.1. The third-order valence-corrected chi connectivity index (χ3v) is 4.62. The van der Waals surface area contributed by atoms with E-state index in [0.717, 1.165) is 22.4 Å². The fraction of sp³-hybridized carbons (Fsp3) is 0.273. The molecule has 152 valence electrons. The lowest BCUT2D eigenvalue weighted by Gasteiger charge is -2.14. The lowest BCUT2D eigenvalue weighted by atomic mass is 10.1. The Morgan fingerprint density at radius 1 is 0.966 bits per heavy atom. The van der Waals surface area contributed by atoms with Gasteiger partial charge < -0.3 is 19.5 Å². The number of aromatic nitrogens is 2. The molecule has 0 aliphatic heterocycles. The lowest BCUT2D eigenvalue weighted by molar-refractivity contribution is -0.121. The molecule has 3 aromatic rings. The predicted molar refractivity (Wildman–Crippen MR) is 110 cm³/mol. The first-order valence-corrected chi connectivity index (χ1v) is 9.29. The van der Waals surface area contributed by atoms with E-state index < -0.39 is 0 Å². The van der Waals surface area contributed by atoms with Gasteiger partial charge in [0.25, 0.3) is 0 Å². The summed E-state index contributed by atoms with van der Waals surface area (Å²) in [5.74, 6) is 1.69. The smallest absolute Gasteiger partial charge is 0.220 e. The van der Waals surface area contributed by atoms with Crippen molar-refractivity contribution in [3.8, 4) is 28.5 Å². The summed E-state index contributed by atoms with van der Waals surface area (Å²) >= 11 is 0. The molecular formula is C22H25N3O4. The Bertz CT molecular complexity index is 912. The van der Waals surface area contributed by atoms with E-state index in [1.165, 1.54) is 0 Å². The normalized spacial score (nSPS) is 10.4. The van der Waals surface area contributed by atoms with Crippen molar-refractivity contribution in [3.63, 3.8) is 0 Å². The highest BCUT2D eigenvalue weighted by Crippen LogP contribution is 2.38. The van der Waals surface area contributed by atoms with Crippen molar-refractivity contribution < 1.29 is 19.0 Å². The molecule has 1 heterocycles. The number of benzene rings is 2. The molecule has 0 spiro atoms. The molecule has 0 radical (unpaired) electrons. The predicted octanol–water partition coefficient (Wildman–Crippen LogP) is 3.35. The van der Waals surface area contributed by atoms with Gasteiger partial charge in [0, 0.05) is 19.2 Å². The van der Waals surface area contributed by atoms with Crippen LogP contribution in [0.2, 0.25) is 0 Å². The number of H-pyrrole nitrogens is 1. The second kappa shape index (κ2) is 9.64. The Kier molecular flexibility index (Phi) is 6.73. The number of ether oxygens (including phenoxy) is 3. The van der Waals surface area contributed by atoms with Crippen LogP contribution >= 0.6 is 0 Å². The minimum Gasteiger partial charge on any atom is -0.493 e. The fourth-order valence-corrected chi connectivity index (χ4v) is 3.05. The number of aryl methyl sites for hydroxylation is 1. The number of aromatic amines is 1. The van der Waals surface area contributed by atoms with Gasteiger partial charge in [-0.25, -0.2) is 0 Å². The van der Waals surface area contributed by atoms with E-state index in [9.17, 15) is 4.79 Å². The summed E-state index contributed by atoms with van der Waals surface area (Å²) < 4.78 is 16.0. The summed E-state index contributed by atoms with van der Waals surface area (Å²) in [6.07, 6.45) is 2.66. The zero-order chi connectivity index (χ0) is 20.6. The van der Waals surface area contributed by atoms with Crippen LogP contribution in [0.3, 0.4) is 0 Å². The number of carbonyl (C=O) groups excluding carboxylic acids is 1. The lowest BCUT2D eigenvalue weighted by Crippen LogP contribution is -2.23. The average Bonchev–Trinajstić information content (AvgIpc) is 3.30. The average molecular weight is 395 g/mol. The number of nitrogens with one attached hydrogen (secondary N) is 2. The van der Waals surface area contributed by atoms with E-state index in [-0.39, 0.29) is 5.91 Å². The van der Waals surface area contributed by atoms with E-state index in [2.05, 4.69) is 15.5 Å². The molecule has 0 atom stereocenters. The van der Waals surface area contributed by atoms with Crippen molar-refractivity contribution in [1.29, 1.82) is 0 Å². The Labute approximate surface area is 170 Å². The summed E-state index contributed by atoms with van der Waals surface area (Å²) in [6, 6.07) is 13.6. The van der Waals surface area contributed by atoms with Gasteiger partial charge >= 0.3 is 0 Å². The first kappa shape index (κ1) is 20.3. The Morgan fingerprint density at radius 2 is 1.66 bits per heavy atom. The summed E-state index contributed by atoms with van der Waals surface area (Å²) in [5, 5.41) is 9.84. The van der Waals surface area contributed by atoms with Crippen molar-refractivity contribution in [3.05, 3.63) is 59.8 Å². The van der Waals surface area contributed by atoms with E-state index in [1.54, 1.807) is 27.5 Å². The minimum absolute atomic E-state index is 0.0172. The van der Waals surface area contributed by atoms with E-state index in [0.29, 0.717) is 36.6 Å². The SMILES string of the molecule is COc1cc(CCC(=O)NCc2ccc(-c3ccn[nH]3)cc2)cc(OC)c1OC. The molecule has 7 heteroatoms. The molecule has 3 rings (SSSR count). The molecule has 2 aromatic carbocycles. The van der Waals surface area contributed by atoms with Crippen LogP contribution in [0.25, 0.3) is 11.3 Å². The number of rotatable bonds is 9. The third kappa shape index (κ3) is 5.07. The third-order valence-electron chi connectivity index (χ3n) is 4.62. The van der Waals surface area contributed by atoms with Crippen LogP contribution in [-0.2, 0) is 17.8 Å². The Morgan fingerprint density at radius 3 is 2.21 bits per heavy atom. The van der Waals surface area contributed by atoms with Crippen LogP contribution in [0.15, 0.2) is 48.7 Å². The molecule has 0 bridgehead atoms. The fourth-order valence-electron chi connectivity index (χ4n) is 3.05. The molecule has 0 unspecified atom stereocenters. The summed E-state index contributed by atoms with van der Waals surface area (Å²) in [7, 11) is 4.71. The highest BCUT2D eigenvalue weighted by Gasteiger charge is 2.14. The highest BCUT2D eigenvalue weighted by molar-refractivity contribution is 5.76. The van der Waals surface area contributed by atoms with Crippen molar-refractivity contribution in [2.45, 2.75) is 19.4 Å². The molecule has 2 N–H and O–H groups in total. The molecular weight excluding hydrogens is 370 g/mol. The van der Waals surface area contributed by atoms with Crippen LogP contribution < -0.4 is 19.5 Å². The highest BCUT2D eigenvalue weighted by atomic mass is 16.5. The minimum atomic E-state index is -0.0172.